The highest BCUT2D eigenvalue weighted by Gasteiger charge is 2.34. The molecule has 0 bridgehead atoms. The van der Waals surface area contributed by atoms with Crippen molar-refractivity contribution in [1.82, 2.24) is 4.90 Å². The summed E-state index contributed by atoms with van der Waals surface area (Å²) in [6, 6.07) is 0. The molecule has 1 aliphatic rings. The molecule has 1 aliphatic heterocycles. The molecule has 0 aliphatic carbocycles. The van der Waals surface area contributed by atoms with E-state index in [0.29, 0.717) is 11.3 Å². The number of nitrogens with zero attached hydrogens (tertiary/aromatic N) is 1. The predicted octanol–water partition coefficient (Wildman–Crippen LogP) is 2.22. The molecule has 1 heterocycles. The summed E-state index contributed by atoms with van der Waals surface area (Å²) in [7, 11) is 0. The van der Waals surface area contributed by atoms with Crippen LogP contribution < -0.4 is 0 Å². The van der Waals surface area contributed by atoms with Crippen LogP contribution in [-0.2, 0) is 4.79 Å². The Morgan fingerprint density at radius 3 is 2.73 bits per heavy atom. The standard InChI is InChI=1S/C12H23NO2/c1-4-6-12(2,3)10-5-7-13(8-10)9-11(14)15/h10H,4-9H2,1-3H3,(H,14,15). The highest BCUT2D eigenvalue weighted by atomic mass is 16.4. The summed E-state index contributed by atoms with van der Waals surface area (Å²) in [5, 5.41) is 8.72. The summed E-state index contributed by atoms with van der Waals surface area (Å²) in [5.41, 5.74) is 0.363. The van der Waals surface area contributed by atoms with Gasteiger partial charge < -0.3 is 5.11 Å². The maximum absolute atomic E-state index is 10.6. The molecule has 88 valence electrons. The first-order valence-electron chi connectivity index (χ1n) is 5.90. The van der Waals surface area contributed by atoms with Crippen molar-refractivity contribution in [3.05, 3.63) is 0 Å². The van der Waals surface area contributed by atoms with Crippen molar-refractivity contribution in [2.24, 2.45) is 11.3 Å². The molecule has 0 spiro atoms. The van der Waals surface area contributed by atoms with Crippen LogP contribution in [0, 0.1) is 11.3 Å². The van der Waals surface area contributed by atoms with Crippen molar-refractivity contribution in [2.75, 3.05) is 19.6 Å². The number of aliphatic carboxylic acids is 1. The second-order valence-corrected chi connectivity index (χ2v) is 5.35. The predicted molar refractivity (Wildman–Crippen MR) is 60.9 cm³/mol. The van der Waals surface area contributed by atoms with Gasteiger partial charge in [-0.05, 0) is 30.7 Å². The molecule has 0 amide bonds. The third-order valence-electron chi connectivity index (χ3n) is 3.63. The van der Waals surface area contributed by atoms with E-state index in [0.717, 1.165) is 19.5 Å². The van der Waals surface area contributed by atoms with Gasteiger partial charge in [0.2, 0.25) is 0 Å². The first-order valence-corrected chi connectivity index (χ1v) is 5.90. The van der Waals surface area contributed by atoms with Crippen molar-refractivity contribution in [2.45, 2.75) is 40.0 Å². The fourth-order valence-corrected chi connectivity index (χ4v) is 2.65. The molecule has 15 heavy (non-hydrogen) atoms. The highest BCUT2D eigenvalue weighted by Crippen LogP contribution is 2.37. The quantitative estimate of drug-likeness (QED) is 0.761. The van der Waals surface area contributed by atoms with Crippen molar-refractivity contribution in [1.29, 1.82) is 0 Å². The van der Waals surface area contributed by atoms with Gasteiger partial charge in [-0.3, -0.25) is 9.69 Å². The van der Waals surface area contributed by atoms with Crippen LogP contribution in [0.1, 0.15) is 40.0 Å². The molecule has 1 unspecified atom stereocenters. The van der Waals surface area contributed by atoms with Crippen LogP contribution in [0.25, 0.3) is 0 Å². The average molecular weight is 213 g/mol. The zero-order valence-electron chi connectivity index (χ0n) is 10.1. The van der Waals surface area contributed by atoms with Gasteiger partial charge in [0.05, 0.1) is 6.54 Å². The van der Waals surface area contributed by atoms with Crippen molar-refractivity contribution in [3.63, 3.8) is 0 Å². The van der Waals surface area contributed by atoms with Gasteiger partial charge in [0.1, 0.15) is 0 Å². The van der Waals surface area contributed by atoms with Gasteiger partial charge in [0.15, 0.2) is 0 Å². The summed E-state index contributed by atoms with van der Waals surface area (Å²) in [5.74, 6) is -0.0410. The molecule has 0 aromatic heterocycles. The SMILES string of the molecule is CCCC(C)(C)C1CCN(CC(=O)O)C1. The van der Waals surface area contributed by atoms with Crippen LogP contribution in [0.5, 0.6) is 0 Å². The Balaban J connectivity index is 2.44. The van der Waals surface area contributed by atoms with Crippen LogP contribution in [0.3, 0.4) is 0 Å². The third-order valence-corrected chi connectivity index (χ3v) is 3.63. The molecule has 3 heteroatoms. The van der Waals surface area contributed by atoms with Gasteiger partial charge in [-0.2, -0.15) is 0 Å². The molecule has 0 aromatic rings. The Labute approximate surface area is 92.5 Å². The monoisotopic (exact) mass is 213 g/mol. The van der Waals surface area contributed by atoms with Crippen LogP contribution in [0.2, 0.25) is 0 Å². The van der Waals surface area contributed by atoms with Gasteiger partial charge in [-0.25, -0.2) is 0 Å². The zero-order chi connectivity index (χ0) is 11.5. The Morgan fingerprint density at radius 2 is 2.20 bits per heavy atom. The molecular formula is C12H23NO2. The third kappa shape index (κ3) is 3.49. The molecule has 1 rings (SSSR count). The molecule has 0 radical (unpaired) electrons. The normalized spacial score (nSPS) is 23.3. The highest BCUT2D eigenvalue weighted by molar-refractivity contribution is 5.69. The van der Waals surface area contributed by atoms with E-state index in [2.05, 4.69) is 25.7 Å². The Morgan fingerprint density at radius 1 is 1.53 bits per heavy atom. The van der Waals surface area contributed by atoms with Crippen LogP contribution in [-0.4, -0.2) is 35.6 Å². The topological polar surface area (TPSA) is 40.5 Å². The Bertz CT molecular complexity index is 226. The van der Waals surface area contributed by atoms with Crippen LogP contribution in [0.15, 0.2) is 0 Å². The number of carboxylic acids is 1. The van der Waals surface area contributed by atoms with E-state index in [1.807, 2.05) is 0 Å². The van der Waals surface area contributed by atoms with Crippen LogP contribution in [0.4, 0.5) is 0 Å². The van der Waals surface area contributed by atoms with E-state index in [9.17, 15) is 4.79 Å². The van der Waals surface area contributed by atoms with Gasteiger partial charge >= 0.3 is 5.97 Å². The first-order chi connectivity index (χ1) is 6.95. The largest absolute Gasteiger partial charge is 0.480 e. The fraction of sp³-hybridized carbons (Fsp3) is 0.917. The molecule has 0 aromatic carbocycles. The maximum Gasteiger partial charge on any atom is 0.317 e. The van der Waals surface area contributed by atoms with Gasteiger partial charge in [0.25, 0.3) is 0 Å². The lowest BCUT2D eigenvalue weighted by Gasteiger charge is -2.31. The smallest absolute Gasteiger partial charge is 0.317 e. The molecular weight excluding hydrogens is 190 g/mol. The molecule has 3 nitrogen and oxygen atoms in total. The number of carbonyl (C=O) groups is 1. The summed E-state index contributed by atoms with van der Waals surface area (Å²) in [4.78, 5) is 12.7. The minimum absolute atomic E-state index is 0.207. The van der Waals surface area contributed by atoms with Crippen molar-refractivity contribution in [3.8, 4) is 0 Å². The minimum atomic E-state index is -0.705. The van der Waals surface area contributed by atoms with E-state index in [-0.39, 0.29) is 6.54 Å². The average Bonchev–Trinajstić information content (AvgIpc) is 2.51. The van der Waals surface area contributed by atoms with Gasteiger partial charge in [-0.1, -0.05) is 27.2 Å². The van der Waals surface area contributed by atoms with Crippen LogP contribution >= 0.6 is 0 Å². The Hall–Kier alpha value is -0.570. The molecule has 0 saturated carbocycles. The van der Waals surface area contributed by atoms with Gasteiger partial charge in [-0.15, -0.1) is 0 Å². The number of rotatable bonds is 5. The number of carboxylic acid groups (broad SMARTS) is 1. The van der Waals surface area contributed by atoms with Crippen molar-refractivity contribution < 1.29 is 9.90 Å². The number of likely N-dealkylation sites (tertiary alicyclic amines) is 1. The van der Waals surface area contributed by atoms with E-state index in [1.165, 1.54) is 12.8 Å². The summed E-state index contributed by atoms with van der Waals surface area (Å²) >= 11 is 0. The minimum Gasteiger partial charge on any atom is -0.480 e. The zero-order valence-corrected chi connectivity index (χ0v) is 10.1. The number of hydrogen-bond acceptors (Lipinski definition) is 2. The Kier molecular flexibility index (Phi) is 4.14. The van der Waals surface area contributed by atoms with E-state index in [4.69, 9.17) is 5.11 Å². The second kappa shape index (κ2) is 4.97. The summed E-state index contributed by atoms with van der Waals surface area (Å²) in [6.07, 6.45) is 3.60. The van der Waals surface area contributed by atoms with E-state index in [1.54, 1.807) is 0 Å². The molecule has 1 fully saturated rings. The first kappa shape index (κ1) is 12.5. The summed E-state index contributed by atoms with van der Waals surface area (Å²) in [6.45, 7) is 8.95. The number of hydrogen-bond donors (Lipinski definition) is 1. The lowest BCUT2D eigenvalue weighted by Crippen LogP contribution is -2.31. The molecule has 1 saturated heterocycles. The lowest BCUT2D eigenvalue weighted by molar-refractivity contribution is -0.138. The molecule has 1 N–H and O–H groups in total. The van der Waals surface area contributed by atoms with E-state index < -0.39 is 5.97 Å². The maximum atomic E-state index is 10.6. The van der Waals surface area contributed by atoms with Gasteiger partial charge in [0, 0.05) is 6.54 Å². The fourth-order valence-electron chi connectivity index (χ4n) is 2.65. The second-order valence-electron chi connectivity index (χ2n) is 5.35. The molecule has 1 atom stereocenters. The van der Waals surface area contributed by atoms with E-state index >= 15 is 0 Å². The summed E-state index contributed by atoms with van der Waals surface area (Å²) < 4.78 is 0. The van der Waals surface area contributed by atoms with Crippen molar-refractivity contribution >= 4 is 5.97 Å². The lowest BCUT2D eigenvalue weighted by atomic mass is 9.75.